The average Bonchev–Trinajstić information content (AvgIpc) is 2.59. The molecule has 0 saturated heterocycles. The number of benzene rings is 2. The SMILES string of the molecule is CCOc1cc(C=O)ccc1OCCOc1ccc(C(C)C)c(C)c1. The number of aldehydes is 1. The molecule has 0 fully saturated rings. The maximum atomic E-state index is 10.9. The van der Waals surface area contributed by atoms with Crippen LogP contribution in [0.4, 0.5) is 0 Å². The van der Waals surface area contributed by atoms with E-state index in [0.717, 1.165) is 12.0 Å². The Morgan fingerprint density at radius 1 is 0.960 bits per heavy atom. The molecule has 0 aliphatic heterocycles. The zero-order chi connectivity index (χ0) is 18.2. The first-order valence-electron chi connectivity index (χ1n) is 8.63. The number of aryl methyl sites for hydroxylation is 1. The molecule has 134 valence electrons. The van der Waals surface area contributed by atoms with Crippen molar-refractivity contribution in [2.75, 3.05) is 19.8 Å². The standard InChI is InChI=1S/C21H26O4/c1-5-23-21-13-17(14-22)6-9-20(21)25-11-10-24-18-7-8-19(15(2)3)16(4)12-18/h6-9,12-15H,5,10-11H2,1-4H3. The molecule has 0 spiro atoms. The third-order valence-electron chi connectivity index (χ3n) is 3.88. The molecular weight excluding hydrogens is 316 g/mol. The van der Waals surface area contributed by atoms with Crippen molar-refractivity contribution in [3.8, 4) is 17.2 Å². The molecule has 0 atom stereocenters. The molecule has 4 nitrogen and oxygen atoms in total. The monoisotopic (exact) mass is 342 g/mol. The Morgan fingerprint density at radius 3 is 2.36 bits per heavy atom. The highest BCUT2D eigenvalue weighted by Crippen LogP contribution is 2.28. The minimum Gasteiger partial charge on any atom is -0.490 e. The lowest BCUT2D eigenvalue weighted by molar-refractivity contribution is 0.112. The Bertz CT molecular complexity index is 707. The fraction of sp³-hybridized carbons (Fsp3) is 0.381. The van der Waals surface area contributed by atoms with Crippen LogP contribution in [0.1, 0.15) is 48.2 Å². The molecule has 0 N–H and O–H groups in total. The van der Waals surface area contributed by atoms with Crippen molar-refractivity contribution in [2.24, 2.45) is 0 Å². The van der Waals surface area contributed by atoms with Gasteiger partial charge < -0.3 is 14.2 Å². The fourth-order valence-corrected chi connectivity index (χ4v) is 2.68. The molecule has 2 aromatic rings. The van der Waals surface area contributed by atoms with Gasteiger partial charge in [-0.25, -0.2) is 0 Å². The smallest absolute Gasteiger partial charge is 0.161 e. The van der Waals surface area contributed by atoms with E-state index in [0.29, 0.717) is 42.8 Å². The third kappa shape index (κ3) is 5.24. The number of carbonyl (C=O) groups excluding carboxylic acids is 1. The molecule has 0 saturated carbocycles. The maximum absolute atomic E-state index is 10.9. The topological polar surface area (TPSA) is 44.8 Å². The van der Waals surface area contributed by atoms with Gasteiger partial charge in [-0.15, -0.1) is 0 Å². The summed E-state index contributed by atoms with van der Waals surface area (Å²) in [4.78, 5) is 10.9. The van der Waals surface area contributed by atoms with Gasteiger partial charge in [-0.3, -0.25) is 4.79 Å². The van der Waals surface area contributed by atoms with E-state index in [1.807, 2.05) is 13.0 Å². The number of carbonyl (C=O) groups is 1. The van der Waals surface area contributed by atoms with E-state index in [1.54, 1.807) is 18.2 Å². The van der Waals surface area contributed by atoms with E-state index in [9.17, 15) is 4.79 Å². The third-order valence-corrected chi connectivity index (χ3v) is 3.88. The summed E-state index contributed by atoms with van der Waals surface area (Å²) in [6.07, 6.45) is 0.790. The summed E-state index contributed by atoms with van der Waals surface area (Å²) in [7, 11) is 0. The largest absolute Gasteiger partial charge is 0.490 e. The van der Waals surface area contributed by atoms with Crippen LogP contribution >= 0.6 is 0 Å². The Morgan fingerprint density at radius 2 is 1.72 bits per heavy atom. The zero-order valence-corrected chi connectivity index (χ0v) is 15.4. The summed E-state index contributed by atoms with van der Waals surface area (Å²) in [6, 6.07) is 11.3. The van der Waals surface area contributed by atoms with Crippen LogP contribution in [0.25, 0.3) is 0 Å². The molecule has 2 rings (SSSR count). The Balaban J connectivity index is 1.91. The predicted octanol–water partition coefficient (Wildman–Crippen LogP) is 4.79. The van der Waals surface area contributed by atoms with Crippen molar-refractivity contribution in [3.63, 3.8) is 0 Å². The van der Waals surface area contributed by atoms with Gasteiger partial charge in [0.1, 0.15) is 25.2 Å². The Hall–Kier alpha value is -2.49. The van der Waals surface area contributed by atoms with Gasteiger partial charge in [0, 0.05) is 5.56 Å². The summed E-state index contributed by atoms with van der Waals surface area (Å²) < 4.78 is 17.0. The van der Waals surface area contributed by atoms with Gasteiger partial charge in [-0.05, 0) is 61.2 Å². The summed E-state index contributed by atoms with van der Waals surface area (Å²) in [5.41, 5.74) is 3.13. The van der Waals surface area contributed by atoms with Crippen LogP contribution in [0, 0.1) is 6.92 Å². The lowest BCUT2D eigenvalue weighted by Gasteiger charge is -2.14. The van der Waals surface area contributed by atoms with Crippen molar-refractivity contribution >= 4 is 6.29 Å². The van der Waals surface area contributed by atoms with Gasteiger partial charge in [-0.2, -0.15) is 0 Å². The first kappa shape index (κ1) is 18.8. The first-order chi connectivity index (χ1) is 12.0. The molecule has 0 amide bonds. The van der Waals surface area contributed by atoms with E-state index >= 15 is 0 Å². The molecule has 4 heteroatoms. The van der Waals surface area contributed by atoms with Crippen molar-refractivity contribution in [1.29, 1.82) is 0 Å². The average molecular weight is 342 g/mol. The van der Waals surface area contributed by atoms with Crippen LogP contribution < -0.4 is 14.2 Å². The van der Waals surface area contributed by atoms with Crippen molar-refractivity contribution < 1.29 is 19.0 Å². The number of hydrogen-bond donors (Lipinski definition) is 0. The quantitative estimate of drug-likeness (QED) is 0.485. The van der Waals surface area contributed by atoms with Crippen LogP contribution in [-0.4, -0.2) is 26.1 Å². The number of rotatable bonds is 9. The van der Waals surface area contributed by atoms with Gasteiger partial charge in [-0.1, -0.05) is 19.9 Å². The lowest BCUT2D eigenvalue weighted by atomic mass is 9.98. The van der Waals surface area contributed by atoms with Crippen LogP contribution in [0.2, 0.25) is 0 Å². The Kier molecular flexibility index (Phi) is 6.87. The van der Waals surface area contributed by atoms with Crippen molar-refractivity contribution in [1.82, 2.24) is 0 Å². The second-order valence-corrected chi connectivity index (χ2v) is 6.13. The van der Waals surface area contributed by atoms with E-state index in [1.165, 1.54) is 11.1 Å². The molecular formula is C21H26O4. The summed E-state index contributed by atoms with van der Waals surface area (Å²) in [5, 5.41) is 0. The van der Waals surface area contributed by atoms with Gasteiger partial charge >= 0.3 is 0 Å². The normalized spacial score (nSPS) is 10.6. The summed E-state index contributed by atoms with van der Waals surface area (Å²) in [5.74, 6) is 2.53. The molecule has 2 aromatic carbocycles. The number of hydrogen-bond acceptors (Lipinski definition) is 4. The predicted molar refractivity (Wildman–Crippen MR) is 99.3 cm³/mol. The second kappa shape index (κ2) is 9.11. The summed E-state index contributed by atoms with van der Waals surface area (Å²) in [6.45, 7) is 9.69. The summed E-state index contributed by atoms with van der Waals surface area (Å²) >= 11 is 0. The Labute approximate surface area is 149 Å². The van der Waals surface area contributed by atoms with E-state index < -0.39 is 0 Å². The van der Waals surface area contributed by atoms with Crippen molar-refractivity contribution in [3.05, 3.63) is 53.1 Å². The minimum absolute atomic E-state index is 0.394. The second-order valence-electron chi connectivity index (χ2n) is 6.13. The number of ether oxygens (including phenoxy) is 3. The molecule has 0 aromatic heterocycles. The highest BCUT2D eigenvalue weighted by atomic mass is 16.5. The molecule has 0 unspecified atom stereocenters. The van der Waals surface area contributed by atoms with Crippen LogP contribution in [0.15, 0.2) is 36.4 Å². The first-order valence-corrected chi connectivity index (χ1v) is 8.63. The molecule has 0 radical (unpaired) electrons. The van der Waals surface area contributed by atoms with Crippen molar-refractivity contribution in [2.45, 2.75) is 33.6 Å². The highest BCUT2D eigenvalue weighted by molar-refractivity contribution is 5.76. The lowest BCUT2D eigenvalue weighted by Crippen LogP contribution is -2.10. The van der Waals surface area contributed by atoms with E-state index in [-0.39, 0.29) is 0 Å². The van der Waals surface area contributed by atoms with E-state index in [4.69, 9.17) is 14.2 Å². The van der Waals surface area contributed by atoms with Gasteiger partial charge in [0.25, 0.3) is 0 Å². The molecule has 25 heavy (non-hydrogen) atoms. The molecule has 0 aliphatic rings. The molecule has 0 bridgehead atoms. The van der Waals surface area contributed by atoms with Gasteiger partial charge in [0.05, 0.1) is 6.61 Å². The maximum Gasteiger partial charge on any atom is 0.161 e. The minimum atomic E-state index is 0.394. The van der Waals surface area contributed by atoms with Crippen LogP contribution in [0.3, 0.4) is 0 Å². The van der Waals surface area contributed by atoms with Crippen LogP contribution in [0.5, 0.6) is 17.2 Å². The van der Waals surface area contributed by atoms with E-state index in [2.05, 4.69) is 32.9 Å². The molecule has 0 heterocycles. The highest BCUT2D eigenvalue weighted by Gasteiger charge is 2.07. The van der Waals surface area contributed by atoms with Gasteiger partial charge in [0.2, 0.25) is 0 Å². The fourth-order valence-electron chi connectivity index (χ4n) is 2.68. The van der Waals surface area contributed by atoms with Crippen LogP contribution in [-0.2, 0) is 0 Å². The zero-order valence-electron chi connectivity index (χ0n) is 15.4. The molecule has 0 aliphatic carbocycles. The van der Waals surface area contributed by atoms with Gasteiger partial charge in [0.15, 0.2) is 11.5 Å².